The molecule has 32 heavy (non-hydrogen) atoms. The van der Waals surface area contributed by atoms with Crippen molar-refractivity contribution >= 4 is 23.0 Å². The van der Waals surface area contributed by atoms with Crippen molar-refractivity contribution in [2.75, 3.05) is 4.90 Å². The Labute approximate surface area is 193 Å². The summed E-state index contributed by atoms with van der Waals surface area (Å²) in [5.74, 6) is 0.479. The summed E-state index contributed by atoms with van der Waals surface area (Å²) in [7, 11) is 0. The van der Waals surface area contributed by atoms with Gasteiger partial charge >= 0.3 is 0 Å². The lowest BCUT2D eigenvalue weighted by atomic mass is 9.99. The van der Waals surface area contributed by atoms with Crippen molar-refractivity contribution in [2.24, 2.45) is 0 Å². The van der Waals surface area contributed by atoms with Crippen molar-refractivity contribution in [3.63, 3.8) is 0 Å². The van der Waals surface area contributed by atoms with Gasteiger partial charge in [0, 0.05) is 30.0 Å². The molecule has 4 aromatic rings. The maximum Gasteiger partial charge on any atom is 0.174 e. The first-order chi connectivity index (χ1) is 15.6. The number of hydrogen-bond acceptors (Lipinski definition) is 3. The first kappa shape index (κ1) is 20.4. The molecule has 0 aliphatic carbocycles. The maximum absolute atomic E-state index is 5.86. The Balaban J connectivity index is 1.64. The lowest BCUT2D eigenvalue weighted by Gasteiger charge is -2.29. The van der Waals surface area contributed by atoms with Crippen LogP contribution in [0.25, 0.3) is 5.69 Å². The van der Waals surface area contributed by atoms with E-state index in [9.17, 15) is 0 Å². The maximum atomic E-state index is 5.86. The zero-order valence-electron chi connectivity index (χ0n) is 18.1. The standard InChI is InChI=1S/C26H25N5S/c1-18(2)19-10-12-20(13-11-19)31-25(24(29-26(31)32)22-8-3-4-15-28-22)23-9-6-16-30(23)21-7-5-14-27-17-21/h3-18,24-25H,1-2H3,(H,29,32)/t24-,25+/m0/s1. The number of aromatic nitrogens is 3. The summed E-state index contributed by atoms with van der Waals surface area (Å²) in [6, 6.07) is 22.8. The summed E-state index contributed by atoms with van der Waals surface area (Å²) in [5.41, 5.74) is 5.46. The van der Waals surface area contributed by atoms with Gasteiger partial charge in [-0.05, 0) is 72.2 Å². The summed E-state index contributed by atoms with van der Waals surface area (Å²) in [6.07, 6.45) is 7.57. The number of rotatable bonds is 5. The molecule has 5 rings (SSSR count). The van der Waals surface area contributed by atoms with Gasteiger partial charge in [-0.1, -0.05) is 32.0 Å². The number of pyridine rings is 2. The summed E-state index contributed by atoms with van der Waals surface area (Å²) >= 11 is 5.86. The third-order valence-electron chi connectivity index (χ3n) is 5.94. The fourth-order valence-electron chi connectivity index (χ4n) is 4.32. The smallest absolute Gasteiger partial charge is 0.174 e. The summed E-state index contributed by atoms with van der Waals surface area (Å²) in [5, 5.41) is 4.24. The van der Waals surface area contributed by atoms with Gasteiger partial charge in [0.1, 0.15) is 6.04 Å². The molecule has 0 amide bonds. The number of nitrogens with one attached hydrogen (secondary N) is 1. The van der Waals surface area contributed by atoms with Crippen molar-refractivity contribution in [1.82, 2.24) is 19.9 Å². The van der Waals surface area contributed by atoms with Gasteiger partial charge in [-0.25, -0.2) is 0 Å². The zero-order valence-corrected chi connectivity index (χ0v) is 18.9. The molecule has 1 fully saturated rings. The summed E-state index contributed by atoms with van der Waals surface area (Å²) in [4.78, 5) is 11.2. The van der Waals surface area contributed by atoms with E-state index in [-0.39, 0.29) is 12.1 Å². The van der Waals surface area contributed by atoms with Crippen LogP contribution in [0, 0.1) is 0 Å². The van der Waals surface area contributed by atoms with Gasteiger partial charge in [0.15, 0.2) is 5.11 Å². The second-order valence-corrected chi connectivity index (χ2v) is 8.64. The minimum Gasteiger partial charge on any atom is -0.351 e. The third-order valence-corrected chi connectivity index (χ3v) is 6.26. The quantitative estimate of drug-likeness (QED) is 0.412. The van der Waals surface area contributed by atoms with E-state index in [2.05, 4.69) is 93.3 Å². The van der Waals surface area contributed by atoms with Gasteiger partial charge in [-0.15, -0.1) is 0 Å². The topological polar surface area (TPSA) is 46.0 Å². The summed E-state index contributed by atoms with van der Waals surface area (Å²) in [6.45, 7) is 4.41. The molecule has 160 valence electrons. The van der Waals surface area contributed by atoms with E-state index in [4.69, 9.17) is 12.2 Å². The summed E-state index contributed by atoms with van der Waals surface area (Å²) < 4.78 is 2.18. The molecule has 0 unspecified atom stereocenters. The van der Waals surface area contributed by atoms with Gasteiger partial charge in [0.05, 0.1) is 23.6 Å². The lowest BCUT2D eigenvalue weighted by molar-refractivity contribution is 0.549. The second-order valence-electron chi connectivity index (χ2n) is 8.26. The molecule has 1 N–H and O–H groups in total. The Morgan fingerprint density at radius 3 is 2.44 bits per heavy atom. The van der Waals surface area contributed by atoms with Crippen molar-refractivity contribution < 1.29 is 0 Å². The van der Waals surface area contributed by atoms with E-state index in [1.165, 1.54) is 5.56 Å². The molecule has 5 nitrogen and oxygen atoms in total. The highest BCUT2D eigenvalue weighted by Crippen LogP contribution is 2.42. The number of hydrogen-bond donors (Lipinski definition) is 1. The van der Waals surface area contributed by atoms with E-state index in [1.54, 1.807) is 6.20 Å². The van der Waals surface area contributed by atoms with Crippen molar-refractivity contribution in [1.29, 1.82) is 0 Å². The van der Waals surface area contributed by atoms with Gasteiger partial charge in [-0.3, -0.25) is 9.97 Å². The predicted octanol–water partition coefficient (Wildman–Crippen LogP) is 5.57. The molecule has 4 heterocycles. The molecule has 0 saturated carbocycles. The molecule has 0 radical (unpaired) electrons. The average Bonchev–Trinajstić information content (AvgIpc) is 3.44. The molecular formula is C26H25N5S. The van der Waals surface area contributed by atoms with Crippen LogP contribution in [-0.2, 0) is 0 Å². The van der Waals surface area contributed by atoms with Crippen LogP contribution in [-0.4, -0.2) is 19.6 Å². The molecule has 0 bridgehead atoms. The minimum atomic E-state index is -0.0844. The van der Waals surface area contributed by atoms with E-state index in [0.29, 0.717) is 11.0 Å². The normalized spacial score (nSPS) is 18.2. The first-order valence-corrected chi connectivity index (χ1v) is 11.2. The molecule has 6 heteroatoms. The largest absolute Gasteiger partial charge is 0.351 e. The first-order valence-electron chi connectivity index (χ1n) is 10.8. The SMILES string of the molecule is CC(C)c1ccc(N2C(=S)N[C@@H](c3ccccn3)[C@H]2c2cccn2-c2cccnc2)cc1. The Hall–Kier alpha value is -3.51. The van der Waals surface area contributed by atoms with Crippen molar-refractivity contribution in [3.8, 4) is 5.69 Å². The number of thiocarbonyl (C=S) groups is 1. The molecule has 3 aromatic heterocycles. The van der Waals surface area contributed by atoms with E-state index >= 15 is 0 Å². The van der Waals surface area contributed by atoms with E-state index in [0.717, 1.165) is 22.8 Å². The number of nitrogens with zero attached hydrogens (tertiary/aromatic N) is 4. The number of anilines is 1. The van der Waals surface area contributed by atoms with Crippen LogP contribution in [0.3, 0.4) is 0 Å². The Morgan fingerprint density at radius 1 is 0.906 bits per heavy atom. The Kier molecular flexibility index (Phi) is 5.45. The third kappa shape index (κ3) is 3.67. The van der Waals surface area contributed by atoms with E-state index in [1.807, 2.05) is 30.6 Å². The fraction of sp³-hybridized carbons (Fsp3) is 0.192. The molecular weight excluding hydrogens is 414 g/mol. The van der Waals surface area contributed by atoms with Crippen LogP contribution in [0.2, 0.25) is 0 Å². The number of benzene rings is 1. The van der Waals surface area contributed by atoms with Gasteiger partial charge in [0.25, 0.3) is 0 Å². The van der Waals surface area contributed by atoms with Crippen LogP contribution < -0.4 is 10.2 Å². The highest BCUT2D eigenvalue weighted by Gasteiger charge is 2.42. The molecule has 1 saturated heterocycles. The van der Waals surface area contributed by atoms with Crippen LogP contribution in [0.5, 0.6) is 0 Å². The molecule has 1 aliphatic rings. The molecule has 1 aromatic carbocycles. The van der Waals surface area contributed by atoms with Crippen LogP contribution >= 0.6 is 12.2 Å². The highest BCUT2D eigenvalue weighted by molar-refractivity contribution is 7.80. The lowest BCUT2D eigenvalue weighted by Crippen LogP contribution is -2.30. The van der Waals surface area contributed by atoms with Gasteiger partial charge in [-0.2, -0.15) is 0 Å². The zero-order chi connectivity index (χ0) is 22.1. The van der Waals surface area contributed by atoms with Gasteiger partial charge < -0.3 is 14.8 Å². The molecule has 1 aliphatic heterocycles. The second kappa shape index (κ2) is 8.55. The average molecular weight is 440 g/mol. The van der Waals surface area contributed by atoms with Crippen molar-refractivity contribution in [3.05, 3.63) is 108 Å². The minimum absolute atomic E-state index is 0.0718. The van der Waals surface area contributed by atoms with Gasteiger partial charge in [0.2, 0.25) is 0 Å². The Bertz CT molecular complexity index is 1200. The Morgan fingerprint density at radius 2 is 1.75 bits per heavy atom. The van der Waals surface area contributed by atoms with Crippen LogP contribution in [0.15, 0.2) is 91.5 Å². The fourth-order valence-corrected chi connectivity index (χ4v) is 4.67. The monoisotopic (exact) mass is 439 g/mol. The van der Waals surface area contributed by atoms with E-state index < -0.39 is 0 Å². The van der Waals surface area contributed by atoms with Crippen molar-refractivity contribution in [2.45, 2.75) is 31.8 Å². The highest BCUT2D eigenvalue weighted by atomic mass is 32.1. The van der Waals surface area contributed by atoms with Crippen LogP contribution in [0.1, 0.15) is 48.8 Å². The predicted molar refractivity (Wildman–Crippen MR) is 132 cm³/mol. The van der Waals surface area contributed by atoms with Crippen LogP contribution in [0.4, 0.5) is 5.69 Å². The molecule has 2 atom stereocenters. The molecule has 0 spiro atoms.